The number of hydrogen-bond donors (Lipinski definition) is 1. The molecule has 0 aromatic rings. The molecule has 0 amide bonds. The maximum Gasteiger partial charge on any atom is 0.133 e. The van der Waals surface area contributed by atoms with Crippen molar-refractivity contribution in [2.75, 3.05) is 0 Å². The van der Waals surface area contributed by atoms with Gasteiger partial charge in [-0.15, -0.1) is 0 Å². The molecule has 0 radical (unpaired) electrons. The van der Waals surface area contributed by atoms with E-state index >= 15 is 0 Å². The van der Waals surface area contributed by atoms with Crippen LogP contribution >= 0.6 is 0 Å². The molecule has 0 bridgehead atoms. The van der Waals surface area contributed by atoms with Gasteiger partial charge >= 0.3 is 0 Å². The quantitative estimate of drug-likeness (QED) is 0.563. The molecular formula is C8H13N3. The van der Waals surface area contributed by atoms with Crippen LogP contribution in [0.15, 0.2) is 4.99 Å². The van der Waals surface area contributed by atoms with E-state index in [4.69, 9.17) is 5.26 Å². The fraction of sp³-hybridized carbons (Fsp3) is 0.750. The van der Waals surface area contributed by atoms with Crippen LogP contribution in [0.4, 0.5) is 0 Å². The van der Waals surface area contributed by atoms with Crippen molar-refractivity contribution in [3.63, 3.8) is 0 Å². The van der Waals surface area contributed by atoms with Gasteiger partial charge in [0.15, 0.2) is 0 Å². The van der Waals surface area contributed by atoms with E-state index in [2.05, 4.69) is 16.4 Å². The summed E-state index contributed by atoms with van der Waals surface area (Å²) < 4.78 is 0. The SMILES string of the molecule is CC1(C)N=C(C#N)C(C)(C)N1. The Morgan fingerprint density at radius 3 is 2.09 bits per heavy atom. The van der Waals surface area contributed by atoms with Crippen molar-refractivity contribution in [3.8, 4) is 6.07 Å². The Hall–Kier alpha value is -0.880. The van der Waals surface area contributed by atoms with Crippen LogP contribution in [0.3, 0.4) is 0 Å². The Kier molecular flexibility index (Phi) is 1.53. The fourth-order valence-corrected chi connectivity index (χ4v) is 1.44. The lowest BCUT2D eigenvalue weighted by Crippen LogP contribution is -2.47. The molecule has 3 heteroatoms. The third-order valence-electron chi connectivity index (χ3n) is 1.71. The van der Waals surface area contributed by atoms with Crippen molar-refractivity contribution in [2.24, 2.45) is 4.99 Å². The molecule has 0 atom stereocenters. The molecule has 1 N–H and O–H groups in total. The van der Waals surface area contributed by atoms with Crippen molar-refractivity contribution in [3.05, 3.63) is 0 Å². The van der Waals surface area contributed by atoms with Crippen LogP contribution < -0.4 is 5.32 Å². The number of nitrogens with zero attached hydrogens (tertiary/aromatic N) is 2. The summed E-state index contributed by atoms with van der Waals surface area (Å²) in [4.78, 5) is 4.24. The van der Waals surface area contributed by atoms with Gasteiger partial charge in [0, 0.05) is 0 Å². The Morgan fingerprint density at radius 2 is 1.91 bits per heavy atom. The number of rotatable bonds is 0. The number of nitrogens with one attached hydrogen (secondary N) is 1. The molecule has 11 heavy (non-hydrogen) atoms. The first-order valence-electron chi connectivity index (χ1n) is 3.67. The maximum atomic E-state index is 8.71. The van der Waals surface area contributed by atoms with Crippen LogP contribution in [0.5, 0.6) is 0 Å². The van der Waals surface area contributed by atoms with Crippen molar-refractivity contribution in [1.82, 2.24) is 5.32 Å². The summed E-state index contributed by atoms with van der Waals surface area (Å²) >= 11 is 0. The van der Waals surface area contributed by atoms with Gasteiger partial charge in [0.1, 0.15) is 17.4 Å². The van der Waals surface area contributed by atoms with Crippen molar-refractivity contribution < 1.29 is 0 Å². The fourth-order valence-electron chi connectivity index (χ4n) is 1.44. The van der Waals surface area contributed by atoms with Gasteiger partial charge < -0.3 is 0 Å². The highest BCUT2D eigenvalue weighted by molar-refractivity contribution is 6.06. The van der Waals surface area contributed by atoms with Crippen molar-refractivity contribution in [2.45, 2.75) is 38.9 Å². The summed E-state index contributed by atoms with van der Waals surface area (Å²) in [5, 5.41) is 12.0. The van der Waals surface area contributed by atoms with Gasteiger partial charge in [-0.25, -0.2) is 0 Å². The average Bonchev–Trinajstić information content (AvgIpc) is 1.99. The Bertz CT molecular complexity index is 243. The largest absolute Gasteiger partial charge is 0.282 e. The van der Waals surface area contributed by atoms with Crippen LogP contribution in [0, 0.1) is 11.3 Å². The van der Waals surface area contributed by atoms with E-state index in [-0.39, 0.29) is 11.2 Å². The van der Waals surface area contributed by atoms with E-state index in [1.165, 1.54) is 0 Å². The molecule has 3 nitrogen and oxygen atoms in total. The maximum absolute atomic E-state index is 8.71. The van der Waals surface area contributed by atoms with Gasteiger partial charge in [-0.3, -0.25) is 10.3 Å². The highest BCUT2D eigenvalue weighted by Gasteiger charge is 2.38. The highest BCUT2D eigenvalue weighted by atomic mass is 15.2. The van der Waals surface area contributed by atoms with E-state index in [1.807, 2.05) is 27.7 Å². The predicted octanol–water partition coefficient (Wildman–Crippen LogP) is 1.07. The van der Waals surface area contributed by atoms with E-state index in [1.54, 1.807) is 0 Å². The monoisotopic (exact) mass is 151 g/mol. The second kappa shape index (κ2) is 2.05. The second-order valence-corrected chi connectivity index (χ2v) is 3.88. The number of nitriles is 1. The Balaban J connectivity index is 3.01. The lowest BCUT2D eigenvalue weighted by Gasteiger charge is -2.23. The lowest BCUT2D eigenvalue weighted by molar-refractivity contribution is 0.371. The first-order chi connectivity index (χ1) is 4.87. The second-order valence-electron chi connectivity index (χ2n) is 3.88. The summed E-state index contributed by atoms with van der Waals surface area (Å²) in [6.45, 7) is 7.84. The summed E-state index contributed by atoms with van der Waals surface area (Å²) in [6, 6.07) is 2.10. The topological polar surface area (TPSA) is 48.2 Å². The zero-order valence-corrected chi connectivity index (χ0v) is 7.39. The van der Waals surface area contributed by atoms with Crippen molar-refractivity contribution in [1.29, 1.82) is 5.26 Å². The molecule has 0 saturated heterocycles. The minimum Gasteiger partial charge on any atom is -0.282 e. The van der Waals surface area contributed by atoms with E-state index in [0.29, 0.717) is 5.71 Å². The van der Waals surface area contributed by atoms with Crippen LogP contribution in [0.1, 0.15) is 27.7 Å². The lowest BCUT2D eigenvalue weighted by atomic mass is 10.0. The van der Waals surface area contributed by atoms with Crippen molar-refractivity contribution >= 4 is 5.71 Å². The third-order valence-corrected chi connectivity index (χ3v) is 1.71. The van der Waals surface area contributed by atoms with Crippen LogP contribution in [-0.2, 0) is 0 Å². The molecule has 0 saturated carbocycles. The summed E-state index contributed by atoms with van der Waals surface area (Å²) in [6.07, 6.45) is 0. The molecule has 1 aliphatic heterocycles. The molecule has 0 unspecified atom stereocenters. The molecule has 0 aromatic heterocycles. The Morgan fingerprint density at radius 1 is 1.36 bits per heavy atom. The first-order valence-corrected chi connectivity index (χ1v) is 3.67. The third kappa shape index (κ3) is 1.41. The normalized spacial score (nSPS) is 25.9. The average molecular weight is 151 g/mol. The van der Waals surface area contributed by atoms with Gasteiger partial charge in [-0.2, -0.15) is 5.26 Å². The van der Waals surface area contributed by atoms with Crippen LogP contribution in [-0.4, -0.2) is 16.9 Å². The number of hydrogen-bond acceptors (Lipinski definition) is 3. The smallest absolute Gasteiger partial charge is 0.133 e. The van der Waals surface area contributed by atoms with Gasteiger partial charge in [0.2, 0.25) is 0 Å². The molecule has 0 fully saturated rings. The molecule has 0 aliphatic carbocycles. The zero-order chi connectivity index (χ0) is 8.70. The molecule has 1 heterocycles. The van der Waals surface area contributed by atoms with Gasteiger partial charge in [0.05, 0.1) is 5.54 Å². The van der Waals surface area contributed by atoms with Gasteiger partial charge in [-0.05, 0) is 27.7 Å². The van der Waals surface area contributed by atoms with Crippen LogP contribution in [0.2, 0.25) is 0 Å². The van der Waals surface area contributed by atoms with Gasteiger partial charge in [-0.1, -0.05) is 0 Å². The van der Waals surface area contributed by atoms with E-state index < -0.39 is 0 Å². The standard InChI is InChI=1S/C8H13N3/c1-7(2)6(5-9)10-8(3,4)11-7/h11H,1-4H3. The summed E-state index contributed by atoms with van der Waals surface area (Å²) in [5.41, 5.74) is 0.0369. The number of aliphatic imine (C=N–C) groups is 1. The molecule has 0 aromatic carbocycles. The molecule has 1 aliphatic rings. The molecular weight excluding hydrogens is 138 g/mol. The first kappa shape index (κ1) is 8.22. The zero-order valence-electron chi connectivity index (χ0n) is 7.39. The molecule has 0 spiro atoms. The van der Waals surface area contributed by atoms with E-state index in [9.17, 15) is 0 Å². The summed E-state index contributed by atoms with van der Waals surface area (Å²) in [5.74, 6) is 0. The molecule has 1 rings (SSSR count). The van der Waals surface area contributed by atoms with Gasteiger partial charge in [0.25, 0.3) is 0 Å². The predicted molar refractivity (Wildman–Crippen MR) is 44.3 cm³/mol. The summed E-state index contributed by atoms with van der Waals surface area (Å²) in [7, 11) is 0. The molecule has 60 valence electrons. The minimum absolute atomic E-state index is 0.266. The van der Waals surface area contributed by atoms with E-state index in [0.717, 1.165) is 0 Å². The van der Waals surface area contributed by atoms with Crippen LogP contribution in [0.25, 0.3) is 0 Å². The highest BCUT2D eigenvalue weighted by Crippen LogP contribution is 2.22. The minimum atomic E-state index is -0.283. The Labute approximate surface area is 67.1 Å².